The molecule has 0 aliphatic heterocycles. The van der Waals surface area contributed by atoms with Crippen molar-refractivity contribution in [2.75, 3.05) is 22.5 Å². The Kier molecular flexibility index (Phi) is 7.03. The van der Waals surface area contributed by atoms with Crippen molar-refractivity contribution in [3.63, 3.8) is 0 Å². The van der Waals surface area contributed by atoms with Crippen molar-refractivity contribution in [1.29, 1.82) is 0 Å². The summed E-state index contributed by atoms with van der Waals surface area (Å²) in [5.41, 5.74) is 2.79. The molecule has 0 bridgehead atoms. The third-order valence-electron chi connectivity index (χ3n) is 4.44. The van der Waals surface area contributed by atoms with Crippen LogP contribution in [0.4, 0.5) is 21.5 Å². The fourth-order valence-electron chi connectivity index (χ4n) is 2.83. The average molecular weight is 426 g/mol. The molecule has 3 N–H and O–H groups in total. The van der Waals surface area contributed by atoms with E-state index in [2.05, 4.69) is 16.0 Å². The number of hydrogen-bond acceptors (Lipinski definition) is 3. The van der Waals surface area contributed by atoms with Gasteiger partial charge in [0.15, 0.2) is 0 Å². The third-order valence-corrected chi connectivity index (χ3v) is 4.85. The lowest BCUT2D eigenvalue weighted by molar-refractivity contribution is -0.116. The molecule has 0 aliphatic rings. The highest BCUT2D eigenvalue weighted by Crippen LogP contribution is 2.23. The first-order chi connectivity index (χ1) is 14.4. The minimum absolute atomic E-state index is 0.0328. The van der Waals surface area contributed by atoms with Crippen LogP contribution in [0.15, 0.2) is 66.7 Å². The van der Waals surface area contributed by atoms with Crippen LogP contribution in [0.2, 0.25) is 5.02 Å². The summed E-state index contributed by atoms with van der Waals surface area (Å²) >= 11 is 6.06. The van der Waals surface area contributed by atoms with E-state index >= 15 is 0 Å². The Hall–Kier alpha value is -3.38. The number of amides is 2. The molecule has 0 heterocycles. The van der Waals surface area contributed by atoms with Gasteiger partial charge < -0.3 is 16.0 Å². The zero-order chi connectivity index (χ0) is 21.5. The van der Waals surface area contributed by atoms with Crippen LogP contribution in [-0.4, -0.2) is 18.4 Å². The molecule has 0 spiro atoms. The first-order valence-corrected chi connectivity index (χ1v) is 9.72. The molecule has 7 heteroatoms. The van der Waals surface area contributed by atoms with Crippen LogP contribution in [0, 0.1) is 12.7 Å². The van der Waals surface area contributed by atoms with Crippen molar-refractivity contribution in [1.82, 2.24) is 0 Å². The molecule has 0 aromatic heterocycles. The van der Waals surface area contributed by atoms with Crippen LogP contribution in [0.5, 0.6) is 0 Å². The Morgan fingerprint density at radius 3 is 2.40 bits per heavy atom. The quantitative estimate of drug-likeness (QED) is 0.497. The van der Waals surface area contributed by atoms with Gasteiger partial charge >= 0.3 is 0 Å². The molecular weight excluding hydrogens is 405 g/mol. The molecule has 0 saturated heterocycles. The van der Waals surface area contributed by atoms with Crippen LogP contribution in [0.25, 0.3) is 0 Å². The summed E-state index contributed by atoms with van der Waals surface area (Å²) in [4.78, 5) is 24.4. The highest BCUT2D eigenvalue weighted by Gasteiger charge is 2.10. The summed E-state index contributed by atoms with van der Waals surface area (Å²) in [5.74, 6) is -1.16. The number of carbonyl (C=O) groups is 2. The molecule has 2 amide bonds. The number of nitrogens with one attached hydrogen (secondary N) is 3. The van der Waals surface area contributed by atoms with E-state index in [-0.39, 0.29) is 30.5 Å². The number of rotatable bonds is 7. The van der Waals surface area contributed by atoms with Crippen molar-refractivity contribution in [2.45, 2.75) is 13.3 Å². The molecular formula is C23H21ClFN3O2. The SMILES string of the molecule is Cc1c(Cl)cccc1NC(=O)CNc1ccc(F)c(NC(=O)Cc2ccccc2)c1. The predicted molar refractivity (Wildman–Crippen MR) is 118 cm³/mol. The first-order valence-electron chi connectivity index (χ1n) is 9.34. The highest BCUT2D eigenvalue weighted by molar-refractivity contribution is 6.31. The normalized spacial score (nSPS) is 10.4. The van der Waals surface area contributed by atoms with Crippen molar-refractivity contribution < 1.29 is 14.0 Å². The largest absolute Gasteiger partial charge is 0.376 e. The topological polar surface area (TPSA) is 70.2 Å². The second-order valence-electron chi connectivity index (χ2n) is 6.72. The van der Waals surface area contributed by atoms with Gasteiger partial charge in [0.2, 0.25) is 11.8 Å². The van der Waals surface area contributed by atoms with E-state index < -0.39 is 5.82 Å². The molecule has 154 valence electrons. The number of benzene rings is 3. The second-order valence-corrected chi connectivity index (χ2v) is 7.13. The molecule has 0 radical (unpaired) electrons. The summed E-state index contributed by atoms with van der Waals surface area (Å²) in [7, 11) is 0. The van der Waals surface area contributed by atoms with Crippen molar-refractivity contribution in [3.8, 4) is 0 Å². The Labute approximate surface area is 179 Å². The Morgan fingerprint density at radius 1 is 0.900 bits per heavy atom. The lowest BCUT2D eigenvalue weighted by atomic mass is 10.1. The van der Waals surface area contributed by atoms with Gasteiger partial charge in [0.1, 0.15) is 5.82 Å². The van der Waals surface area contributed by atoms with E-state index in [1.807, 2.05) is 37.3 Å². The van der Waals surface area contributed by atoms with E-state index in [0.717, 1.165) is 11.1 Å². The molecule has 3 aromatic rings. The smallest absolute Gasteiger partial charge is 0.243 e. The van der Waals surface area contributed by atoms with Gasteiger partial charge in [-0.05, 0) is 48.4 Å². The van der Waals surface area contributed by atoms with Gasteiger partial charge in [-0.25, -0.2) is 4.39 Å². The standard InChI is InChI=1S/C23H21ClFN3O2/c1-15-18(24)8-5-9-20(15)27-23(30)14-26-17-10-11-19(25)21(13-17)28-22(29)12-16-6-3-2-4-7-16/h2-11,13,26H,12,14H2,1H3,(H,27,30)(H,28,29). The lowest BCUT2D eigenvalue weighted by Crippen LogP contribution is -2.22. The minimum Gasteiger partial charge on any atom is -0.376 e. The van der Waals surface area contributed by atoms with Gasteiger partial charge in [-0.2, -0.15) is 0 Å². The van der Waals surface area contributed by atoms with Gasteiger partial charge in [-0.3, -0.25) is 9.59 Å². The monoisotopic (exact) mass is 425 g/mol. The van der Waals surface area contributed by atoms with Crippen molar-refractivity contribution in [3.05, 3.63) is 88.7 Å². The predicted octanol–water partition coefficient (Wildman–Crippen LogP) is 5.02. The maximum absolute atomic E-state index is 14.1. The van der Waals surface area contributed by atoms with Crippen LogP contribution in [-0.2, 0) is 16.0 Å². The molecule has 0 atom stereocenters. The summed E-state index contributed by atoms with van der Waals surface area (Å²) in [5, 5.41) is 8.84. The summed E-state index contributed by atoms with van der Waals surface area (Å²) < 4.78 is 14.1. The minimum atomic E-state index is -0.555. The molecule has 3 aromatic carbocycles. The van der Waals surface area contributed by atoms with E-state index in [0.29, 0.717) is 16.4 Å². The van der Waals surface area contributed by atoms with Gasteiger partial charge in [0.05, 0.1) is 18.7 Å². The van der Waals surface area contributed by atoms with Crippen LogP contribution >= 0.6 is 11.6 Å². The van der Waals surface area contributed by atoms with Crippen LogP contribution < -0.4 is 16.0 Å². The molecule has 5 nitrogen and oxygen atoms in total. The van der Waals surface area contributed by atoms with Crippen molar-refractivity contribution >= 4 is 40.5 Å². The molecule has 30 heavy (non-hydrogen) atoms. The van der Waals surface area contributed by atoms with Gasteiger partial charge in [0.25, 0.3) is 0 Å². The van der Waals surface area contributed by atoms with E-state index in [4.69, 9.17) is 11.6 Å². The van der Waals surface area contributed by atoms with Gasteiger partial charge in [-0.1, -0.05) is 48.0 Å². The Morgan fingerprint density at radius 2 is 1.63 bits per heavy atom. The fraction of sp³-hybridized carbons (Fsp3) is 0.130. The van der Waals surface area contributed by atoms with Gasteiger partial charge in [-0.15, -0.1) is 0 Å². The summed E-state index contributed by atoms with van der Waals surface area (Å²) in [6.45, 7) is 1.78. The second kappa shape index (κ2) is 9.89. The zero-order valence-corrected chi connectivity index (χ0v) is 17.1. The lowest BCUT2D eigenvalue weighted by Gasteiger charge is -2.12. The zero-order valence-electron chi connectivity index (χ0n) is 16.3. The van der Waals surface area contributed by atoms with Gasteiger partial charge in [0, 0.05) is 16.4 Å². The molecule has 0 fully saturated rings. The maximum atomic E-state index is 14.1. The first kappa shape index (κ1) is 21.3. The number of anilines is 3. The highest BCUT2D eigenvalue weighted by atomic mass is 35.5. The van der Waals surface area contributed by atoms with Crippen molar-refractivity contribution in [2.24, 2.45) is 0 Å². The Balaban J connectivity index is 1.58. The average Bonchev–Trinajstić information content (AvgIpc) is 2.72. The summed E-state index contributed by atoms with van der Waals surface area (Å²) in [6.07, 6.45) is 0.138. The number of halogens is 2. The molecule has 0 unspecified atom stereocenters. The third kappa shape index (κ3) is 5.81. The van der Waals surface area contributed by atoms with E-state index in [1.54, 1.807) is 18.2 Å². The van der Waals surface area contributed by atoms with Crippen LogP contribution in [0.1, 0.15) is 11.1 Å². The maximum Gasteiger partial charge on any atom is 0.243 e. The molecule has 3 rings (SSSR count). The number of carbonyl (C=O) groups excluding carboxylic acids is 2. The Bertz CT molecular complexity index is 1060. The number of hydrogen-bond donors (Lipinski definition) is 3. The van der Waals surface area contributed by atoms with E-state index in [9.17, 15) is 14.0 Å². The van der Waals surface area contributed by atoms with E-state index in [1.165, 1.54) is 18.2 Å². The fourth-order valence-corrected chi connectivity index (χ4v) is 3.00. The molecule has 0 aliphatic carbocycles. The summed E-state index contributed by atoms with van der Waals surface area (Å²) in [6, 6.07) is 18.6. The molecule has 0 saturated carbocycles. The van der Waals surface area contributed by atoms with Crippen LogP contribution in [0.3, 0.4) is 0 Å².